The van der Waals surface area contributed by atoms with Gasteiger partial charge in [0.05, 0.1) is 5.92 Å². The lowest BCUT2D eigenvalue weighted by atomic mass is 10.0. The molecule has 5 heteroatoms. The lowest BCUT2D eigenvalue weighted by molar-refractivity contribution is -0.116. The van der Waals surface area contributed by atoms with E-state index in [1.165, 1.54) is 0 Å². The maximum Gasteiger partial charge on any atom is 0.274 e. The van der Waals surface area contributed by atoms with Crippen LogP contribution in [0.25, 0.3) is 0 Å². The maximum atomic E-state index is 12.0. The SMILES string of the molecule is CC1C(=O)Nc2ccc(NC(=O)c3ccccn3)cc21. The summed E-state index contributed by atoms with van der Waals surface area (Å²) in [5.41, 5.74) is 2.71. The van der Waals surface area contributed by atoms with E-state index in [2.05, 4.69) is 15.6 Å². The number of carbonyl (C=O) groups is 2. The van der Waals surface area contributed by atoms with Gasteiger partial charge in [0.2, 0.25) is 5.91 Å². The second-order valence-electron chi connectivity index (χ2n) is 4.68. The lowest BCUT2D eigenvalue weighted by Gasteiger charge is -2.07. The van der Waals surface area contributed by atoms with Crippen molar-refractivity contribution in [2.45, 2.75) is 12.8 Å². The summed E-state index contributed by atoms with van der Waals surface area (Å²) in [5, 5.41) is 5.58. The summed E-state index contributed by atoms with van der Waals surface area (Å²) in [4.78, 5) is 27.6. The topological polar surface area (TPSA) is 71.1 Å². The standard InChI is InChI=1S/C15H13N3O2/c1-9-11-8-10(5-6-12(11)18-14(9)19)17-15(20)13-4-2-3-7-16-13/h2-9H,1H3,(H,17,20)(H,18,19). The zero-order chi connectivity index (χ0) is 14.1. The van der Waals surface area contributed by atoms with Crippen molar-refractivity contribution in [3.63, 3.8) is 0 Å². The molecule has 3 rings (SSSR count). The van der Waals surface area contributed by atoms with E-state index in [4.69, 9.17) is 0 Å². The highest BCUT2D eigenvalue weighted by atomic mass is 16.2. The van der Waals surface area contributed by atoms with Gasteiger partial charge in [-0.3, -0.25) is 14.6 Å². The molecule has 1 aliphatic rings. The van der Waals surface area contributed by atoms with Crippen LogP contribution in [0.2, 0.25) is 0 Å². The minimum atomic E-state index is -0.268. The van der Waals surface area contributed by atoms with Crippen molar-refractivity contribution < 1.29 is 9.59 Å². The van der Waals surface area contributed by atoms with Gasteiger partial charge in [-0.25, -0.2) is 0 Å². The number of pyridine rings is 1. The molecule has 2 heterocycles. The molecule has 0 bridgehead atoms. The molecule has 0 saturated carbocycles. The summed E-state index contributed by atoms with van der Waals surface area (Å²) >= 11 is 0. The summed E-state index contributed by atoms with van der Waals surface area (Å²) < 4.78 is 0. The number of hydrogen-bond acceptors (Lipinski definition) is 3. The predicted octanol–water partition coefficient (Wildman–Crippen LogP) is 2.39. The first-order valence-electron chi connectivity index (χ1n) is 6.32. The van der Waals surface area contributed by atoms with Crippen molar-refractivity contribution in [1.82, 2.24) is 4.98 Å². The molecular weight excluding hydrogens is 254 g/mol. The summed E-state index contributed by atoms with van der Waals surface area (Å²) in [6.45, 7) is 1.84. The van der Waals surface area contributed by atoms with E-state index in [1.54, 1.807) is 36.5 Å². The zero-order valence-corrected chi connectivity index (χ0v) is 10.9. The largest absolute Gasteiger partial charge is 0.325 e. The molecule has 0 aliphatic carbocycles. The maximum absolute atomic E-state index is 12.0. The van der Waals surface area contributed by atoms with Crippen LogP contribution in [0.5, 0.6) is 0 Å². The van der Waals surface area contributed by atoms with Gasteiger partial charge in [-0.15, -0.1) is 0 Å². The molecule has 1 unspecified atom stereocenters. The van der Waals surface area contributed by atoms with Crippen molar-refractivity contribution in [2.24, 2.45) is 0 Å². The fraction of sp³-hybridized carbons (Fsp3) is 0.133. The number of amides is 2. The number of fused-ring (bicyclic) bond motifs is 1. The first-order valence-corrected chi connectivity index (χ1v) is 6.32. The number of rotatable bonds is 2. The summed E-state index contributed by atoms with van der Waals surface area (Å²) in [7, 11) is 0. The van der Waals surface area contributed by atoms with E-state index in [1.807, 2.05) is 13.0 Å². The van der Waals surface area contributed by atoms with Crippen molar-refractivity contribution in [3.8, 4) is 0 Å². The monoisotopic (exact) mass is 267 g/mol. The van der Waals surface area contributed by atoms with E-state index in [9.17, 15) is 9.59 Å². The molecule has 1 aromatic carbocycles. The molecule has 0 radical (unpaired) electrons. The summed E-state index contributed by atoms with van der Waals surface area (Å²) in [5.74, 6) is -0.486. The van der Waals surface area contributed by atoms with Gasteiger partial charge in [0.1, 0.15) is 5.69 Å². The molecule has 0 fully saturated rings. The third-order valence-electron chi connectivity index (χ3n) is 3.32. The third kappa shape index (κ3) is 2.14. The quantitative estimate of drug-likeness (QED) is 0.877. The summed E-state index contributed by atoms with van der Waals surface area (Å²) in [6.07, 6.45) is 1.57. The molecule has 2 amide bonds. The molecule has 1 aliphatic heterocycles. The Morgan fingerprint density at radius 2 is 2.15 bits per heavy atom. The van der Waals surface area contributed by atoms with Gasteiger partial charge in [-0.1, -0.05) is 6.07 Å². The molecule has 1 atom stereocenters. The Bertz CT molecular complexity index is 683. The minimum Gasteiger partial charge on any atom is -0.325 e. The normalized spacial score (nSPS) is 16.4. The van der Waals surface area contributed by atoms with Crippen LogP contribution < -0.4 is 10.6 Å². The highest BCUT2D eigenvalue weighted by Gasteiger charge is 2.26. The Hall–Kier alpha value is -2.69. The molecule has 100 valence electrons. The van der Waals surface area contributed by atoms with Crippen LogP contribution in [0.15, 0.2) is 42.6 Å². The highest BCUT2D eigenvalue weighted by molar-refractivity contribution is 6.05. The number of carbonyl (C=O) groups excluding carboxylic acids is 2. The molecule has 2 aromatic rings. The molecular formula is C15H13N3O2. The number of nitrogens with one attached hydrogen (secondary N) is 2. The summed E-state index contributed by atoms with van der Waals surface area (Å²) in [6, 6.07) is 10.5. The number of hydrogen-bond donors (Lipinski definition) is 2. The van der Waals surface area contributed by atoms with Crippen molar-refractivity contribution in [3.05, 3.63) is 53.9 Å². The van der Waals surface area contributed by atoms with Crippen molar-refractivity contribution in [2.75, 3.05) is 10.6 Å². The van der Waals surface area contributed by atoms with Gasteiger partial charge in [-0.2, -0.15) is 0 Å². The Labute approximate surface area is 116 Å². The van der Waals surface area contributed by atoms with Crippen LogP contribution in [0.3, 0.4) is 0 Å². The second kappa shape index (κ2) is 4.77. The van der Waals surface area contributed by atoms with E-state index >= 15 is 0 Å². The Kier molecular flexibility index (Phi) is 2.95. The van der Waals surface area contributed by atoms with Crippen LogP contribution in [-0.4, -0.2) is 16.8 Å². The van der Waals surface area contributed by atoms with Crippen LogP contribution in [0, 0.1) is 0 Å². The Morgan fingerprint density at radius 3 is 2.90 bits per heavy atom. The fourth-order valence-corrected chi connectivity index (χ4v) is 2.19. The second-order valence-corrected chi connectivity index (χ2v) is 4.68. The Morgan fingerprint density at radius 1 is 1.30 bits per heavy atom. The minimum absolute atomic E-state index is 0.0202. The number of nitrogens with zero attached hydrogens (tertiary/aromatic N) is 1. The smallest absolute Gasteiger partial charge is 0.274 e. The van der Waals surface area contributed by atoms with E-state index in [-0.39, 0.29) is 17.7 Å². The average molecular weight is 267 g/mol. The van der Waals surface area contributed by atoms with Gasteiger partial charge < -0.3 is 10.6 Å². The van der Waals surface area contributed by atoms with Crippen molar-refractivity contribution in [1.29, 1.82) is 0 Å². The van der Waals surface area contributed by atoms with E-state index in [0.717, 1.165) is 11.3 Å². The fourth-order valence-electron chi connectivity index (χ4n) is 2.19. The van der Waals surface area contributed by atoms with Gasteiger partial charge in [0.25, 0.3) is 5.91 Å². The number of benzene rings is 1. The molecule has 0 spiro atoms. The molecule has 1 aromatic heterocycles. The number of anilines is 2. The Balaban J connectivity index is 1.83. The first-order chi connectivity index (χ1) is 9.65. The first kappa shape index (κ1) is 12.3. The van der Waals surface area contributed by atoms with Gasteiger partial charge in [-0.05, 0) is 42.8 Å². The number of aromatic nitrogens is 1. The van der Waals surface area contributed by atoms with Gasteiger partial charge in [0, 0.05) is 17.6 Å². The highest BCUT2D eigenvalue weighted by Crippen LogP contribution is 2.34. The zero-order valence-electron chi connectivity index (χ0n) is 10.9. The van der Waals surface area contributed by atoms with E-state index in [0.29, 0.717) is 11.4 Å². The van der Waals surface area contributed by atoms with Crippen LogP contribution in [0.4, 0.5) is 11.4 Å². The van der Waals surface area contributed by atoms with Crippen LogP contribution >= 0.6 is 0 Å². The molecule has 20 heavy (non-hydrogen) atoms. The van der Waals surface area contributed by atoms with Crippen LogP contribution in [-0.2, 0) is 4.79 Å². The molecule has 0 saturated heterocycles. The molecule has 5 nitrogen and oxygen atoms in total. The predicted molar refractivity (Wildman–Crippen MR) is 75.7 cm³/mol. The van der Waals surface area contributed by atoms with Crippen molar-refractivity contribution >= 4 is 23.2 Å². The molecule has 2 N–H and O–H groups in total. The van der Waals surface area contributed by atoms with Crippen LogP contribution in [0.1, 0.15) is 28.9 Å². The van der Waals surface area contributed by atoms with Gasteiger partial charge in [0.15, 0.2) is 0 Å². The third-order valence-corrected chi connectivity index (χ3v) is 3.32. The van der Waals surface area contributed by atoms with Gasteiger partial charge >= 0.3 is 0 Å². The average Bonchev–Trinajstić information content (AvgIpc) is 2.75. The lowest BCUT2D eigenvalue weighted by Crippen LogP contribution is -2.13. The van der Waals surface area contributed by atoms with E-state index < -0.39 is 0 Å².